The van der Waals surface area contributed by atoms with Crippen LogP contribution in [0.3, 0.4) is 0 Å². The third-order valence-electron chi connectivity index (χ3n) is 8.03. The quantitative estimate of drug-likeness (QED) is 0.326. The third-order valence-corrected chi connectivity index (χ3v) is 8.03. The molecule has 0 aromatic rings. The maximum absolute atomic E-state index is 13.8. The number of nitrogens with zero attached hydrogens (tertiary/aromatic N) is 2. The Bertz CT molecular complexity index is 881. The molecule has 0 spiro atoms. The van der Waals surface area contributed by atoms with Crippen LogP contribution in [0.4, 0.5) is 0 Å². The number of nitrogens with one attached hydrogen (secondary N) is 2. The smallest absolute Gasteiger partial charge is 0.227 e. The number of hydrogen-bond donors (Lipinski definition) is 3. The number of rotatable bonds is 13. The number of hydrogen-bond acceptors (Lipinski definition) is 6. The lowest BCUT2D eigenvalue weighted by atomic mass is 9.87. The Morgan fingerprint density at radius 2 is 1.97 bits per heavy atom. The summed E-state index contributed by atoms with van der Waals surface area (Å²) in [4.78, 5) is 31.3. The number of carbonyl (C=O) groups excluding carboxylic acids is 2. The Kier molecular flexibility index (Phi) is 9.84. The van der Waals surface area contributed by atoms with Crippen molar-refractivity contribution in [2.75, 3.05) is 46.5 Å². The summed E-state index contributed by atoms with van der Waals surface area (Å²) in [5.74, 6) is 0.316. The third kappa shape index (κ3) is 7.24. The zero-order valence-electron chi connectivity index (χ0n) is 22.8. The second-order valence-electron chi connectivity index (χ2n) is 11.6. The number of piperidine rings is 1. The van der Waals surface area contributed by atoms with Crippen LogP contribution in [-0.2, 0) is 14.3 Å². The lowest BCUT2D eigenvalue weighted by molar-refractivity contribution is -0.138. The van der Waals surface area contributed by atoms with Gasteiger partial charge in [-0.1, -0.05) is 38.2 Å². The van der Waals surface area contributed by atoms with Crippen LogP contribution in [0.2, 0.25) is 0 Å². The molecule has 2 amide bonds. The van der Waals surface area contributed by atoms with E-state index >= 15 is 0 Å². The van der Waals surface area contributed by atoms with Gasteiger partial charge < -0.3 is 30.3 Å². The Morgan fingerprint density at radius 1 is 1.22 bits per heavy atom. The number of ether oxygens (including phenoxy) is 1. The first kappa shape index (κ1) is 27.9. The minimum absolute atomic E-state index is 0.0603. The Labute approximate surface area is 222 Å². The molecule has 0 aromatic heterocycles. The minimum atomic E-state index is -0.261. The van der Waals surface area contributed by atoms with Gasteiger partial charge in [-0.3, -0.25) is 9.59 Å². The van der Waals surface area contributed by atoms with Gasteiger partial charge in [0, 0.05) is 58.1 Å². The highest BCUT2D eigenvalue weighted by Gasteiger charge is 2.41. The van der Waals surface area contributed by atoms with Crippen molar-refractivity contribution < 1.29 is 19.4 Å². The van der Waals surface area contributed by atoms with Gasteiger partial charge in [0.1, 0.15) is 0 Å². The van der Waals surface area contributed by atoms with E-state index in [9.17, 15) is 14.7 Å². The van der Waals surface area contributed by atoms with E-state index in [1.165, 1.54) is 5.57 Å². The average molecular weight is 515 g/mol. The molecule has 8 nitrogen and oxygen atoms in total. The molecule has 2 heterocycles. The standard InChI is InChI=1S/C29H46N4O4/c1-20(2)13-24(19-34)31-28(35)21-14-22(16-30-15-21)29(36)33(25-9-10-25)18-23-17-32(11-6-12-37-3)27-8-5-4-7-26(23)27/h4-5,7-8,17,20-22,24-27,30,34H,6,9-16,18-19H2,1-3H3,(H,31,35)/t21-,22+,24?,26?,27?/m0/s1. The van der Waals surface area contributed by atoms with E-state index in [-0.39, 0.29) is 36.3 Å². The van der Waals surface area contributed by atoms with Crippen LogP contribution in [0.15, 0.2) is 36.1 Å². The van der Waals surface area contributed by atoms with Crippen molar-refractivity contribution in [2.24, 2.45) is 23.7 Å². The molecule has 5 atom stereocenters. The molecule has 4 rings (SSSR count). The van der Waals surface area contributed by atoms with Crippen LogP contribution in [0.1, 0.15) is 46.0 Å². The first-order valence-corrected chi connectivity index (χ1v) is 14.1. The molecule has 2 aliphatic carbocycles. The first-order chi connectivity index (χ1) is 17.9. The van der Waals surface area contributed by atoms with Crippen molar-refractivity contribution >= 4 is 11.8 Å². The highest BCUT2D eigenvalue weighted by atomic mass is 16.5. The molecule has 2 aliphatic heterocycles. The summed E-state index contributed by atoms with van der Waals surface area (Å²) >= 11 is 0. The molecule has 0 bridgehead atoms. The zero-order chi connectivity index (χ0) is 26.4. The molecule has 2 fully saturated rings. The molecule has 4 aliphatic rings. The fourth-order valence-electron chi connectivity index (χ4n) is 5.99. The van der Waals surface area contributed by atoms with Gasteiger partial charge in [-0.2, -0.15) is 0 Å². The Hall–Kier alpha value is -2.16. The molecule has 0 radical (unpaired) electrons. The summed E-state index contributed by atoms with van der Waals surface area (Å²) in [7, 11) is 1.74. The predicted molar refractivity (Wildman–Crippen MR) is 145 cm³/mol. The van der Waals surface area contributed by atoms with Gasteiger partial charge in [0.05, 0.1) is 30.5 Å². The van der Waals surface area contributed by atoms with Crippen LogP contribution in [-0.4, -0.2) is 91.3 Å². The van der Waals surface area contributed by atoms with E-state index in [4.69, 9.17) is 4.74 Å². The van der Waals surface area contributed by atoms with Crippen LogP contribution >= 0.6 is 0 Å². The van der Waals surface area contributed by atoms with Gasteiger partial charge >= 0.3 is 0 Å². The van der Waals surface area contributed by atoms with Gasteiger partial charge in [-0.15, -0.1) is 0 Å². The Morgan fingerprint density at radius 3 is 2.68 bits per heavy atom. The van der Waals surface area contributed by atoms with E-state index in [0.29, 0.717) is 50.0 Å². The van der Waals surface area contributed by atoms with E-state index in [1.54, 1.807) is 7.11 Å². The van der Waals surface area contributed by atoms with Gasteiger partial charge in [-0.05, 0) is 43.6 Å². The van der Waals surface area contributed by atoms with Crippen molar-refractivity contribution in [2.45, 2.75) is 64.1 Å². The second-order valence-corrected chi connectivity index (χ2v) is 11.6. The summed E-state index contributed by atoms with van der Waals surface area (Å²) in [5, 5.41) is 16.0. The molecule has 1 saturated heterocycles. The predicted octanol–water partition coefficient (Wildman–Crippen LogP) is 2.07. The molecular weight excluding hydrogens is 468 g/mol. The topological polar surface area (TPSA) is 94.1 Å². The average Bonchev–Trinajstić information content (AvgIpc) is 3.69. The summed E-state index contributed by atoms with van der Waals surface area (Å²) < 4.78 is 5.26. The number of aliphatic hydroxyl groups excluding tert-OH is 1. The van der Waals surface area contributed by atoms with Gasteiger partial charge in [-0.25, -0.2) is 0 Å². The summed E-state index contributed by atoms with van der Waals surface area (Å²) in [5.41, 5.74) is 1.29. The van der Waals surface area contributed by atoms with Crippen molar-refractivity contribution in [3.63, 3.8) is 0 Å². The number of carbonyl (C=O) groups is 2. The van der Waals surface area contributed by atoms with Crippen LogP contribution in [0.25, 0.3) is 0 Å². The number of fused-ring (bicyclic) bond motifs is 1. The normalized spacial score (nSPS) is 27.7. The molecular formula is C29H46N4O4. The monoisotopic (exact) mass is 514 g/mol. The fourth-order valence-corrected chi connectivity index (χ4v) is 5.99. The Balaban J connectivity index is 1.40. The number of aliphatic hydroxyl groups is 1. The lowest BCUT2D eigenvalue weighted by Crippen LogP contribution is -2.51. The summed E-state index contributed by atoms with van der Waals surface area (Å²) in [6, 6.07) is 0.373. The minimum Gasteiger partial charge on any atom is -0.394 e. The maximum atomic E-state index is 13.8. The van der Waals surface area contributed by atoms with E-state index in [1.807, 2.05) is 0 Å². The lowest BCUT2D eigenvalue weighted by Gasteiger charge is -2.34. The highest BCUT2D eigenvalue weighted by Crippen LogP contribution is 2.37. The molecule has 1 saturated carbocycles. The van der Waals surface area contributed by atoms with E-state index in [0.717, 1.165) is 38.8 Å². The SMILES string of the molecule is COCCCN1C=C(CN(C(=O)[C@H]2CNC[C@@H](C(=O)NC(CO)CC(C)C)C2)C2CC2)C2C=CC=CC21. The maximum Gasteiger partial charge on any atom is 0.227 e. The van der Waals surface area contributed by atoms with Gasteiger partial charge in [0.25, 0.3) is 0 Å². The van der Waals surface area contributed by atoms with Crippen molar-refractivity contribution in [3.8, 4) is 0 Å². The summed E-state index contributed by atoms with van der Waals surface area (Å²) in [6.45, 7) is 7.60. The number of methoxy groups -OCH3 is 1. The molecule has 206 valence electrons. The molecule has 8 heteroatoms. The van der Waals surface area contributed by atoms with Crippen LogP contribution < -0.4 is 10.6 Å². The molecule has 0 aromatic carbocycles. The van der Waals surface area contributed by atoms with Gasteiger partial charge in [0.15, 0.2) is 0 Å². The summed E-state index contributed by atoms with van der Waals surface area (Å²) in [6.07, 6.45) is 15.4. The van der Waals surface area contributed by atoms with Gasteiger partial charge in [0.2, 0.25) is 11.8 Å². The largest absolute Gasteiger partial charge is 0.394 e. The highest BCUT2D eigenvalue weighted by molar-refractivity contribution is 5.83. The van der Waals surface area contributed by atoms with E-state index in [2.05, 4.69) is 64.8 Å². The molecule has 3 unspecified atom stereocenters. The number of amides is 2. The van der Waals surface area contributed by atoms with Crippen LogP contribution in [0.5, 0.6) is 0 Å². The van der Waals surface area contributed by atoms with Crippen molar-refractivity contribution in [3.05, 3.63) is 36.1 Å². The van der Waals surface area contributed by atoms with Crippen molar-refractivity contribution in [1.82, 2.24) is 20.4 Å². The second kappa shape index (κ2) is 13.1. The van der Waals surface area contributed by atoms with E-state index < -0.39 is 0 Å². The fraction of sp³-hybridized carbons (Fsp3) is 0.724. The molecule has 37 heavy (non-hydrogen) atoms. The molecule has 3 N–H and O–H groups in total. The zero-order valence-corrected chi connectivity index (χ0v) is 22.8. The number of allylic oxidation sites excluding steroid dienone is 2. The van der Waals surface area contributed by atoms with Crippen molar-refractivity contribution in [1.29, 1.82) is 0 Å². The first-order valence-electron chi connectivity index (χ1n) is 14.1. The van der Waals surface area contributed by atoms with Crippen LogP contribution in [0, 0.1) is 23.7 Å².